The second-order valence-corrected chi connectivity index (χ2v) is 5.33. The fourth-order valence-corrected chi connectivity index (χ4v) is 2.50. The SMILES string of the molecule is O/N=C(\CCCC/C(=N\O)c1ccccc1O)c1ccccc1O. The second kappa shape index (κ2) is 8.57. The maximum Gasteiger partial charge on any atom is 0.124 e. The Morgan fingerprint density at radius 3 is 1.38 bits per heavy atom. The zero-order valence-electron chi connectivity index (χ0n) is 13.1. The Balaban J connectivity index is 1.92. The van der Waals surface area contributed by atoms with E-state index < -0.39 is 0 Å². The van der Waals surface area contributed by atoms with E-state index >= 15 is 0 Å². The smallest absolute Gasteiger partial charge is 0.124 e. The molecule has 0 atom stereocenters. The van der Waals surface area contributed by atoms with Crippen LogP contribution in [0.4, 0.5) is 0 Å². The molecule has 6 nitrogen and oxygen atoms in total. The summed E-state index contributed by atoms with van der Waals surface area (Å²) in [5.74, 6) is 0.134. The third-order valence-electron chi connectivity index (χ3n) is 3.75. The first-order valence-electron chi connectivity index (χ1n) is 7.66. The van der Waals surface area contributed by atoms with Crippen LogP contribution in [-0.2, 0) is 0 Å². The molecular formula is C18H20N2O4. The van der Waals surface area contributed by atoms with Gasteiger partial charge in [-0.15, -0.1) is 0 Å². The van der Waals surface area contributed by atoms with Crippen molar-refractivity contribution in [1.82, 2.24) is 0 Å². The van der Waals surface area contributed by atoms with Crippen LogP contribution < -0.4 is 0 Å². The molecule has 2 rings (SSSR count). The number of unbranched alkanes of at least 4 members (excludes halogenated alkanes) is 1. The minimum atomic E-state index is 0.0668. The Hall–Kier alpha value is -3.02. The predicted molar refractivity (Wildman–Crippen MR) is 91.3 cm³/mol. The van der Waals surface area contributed by atoms with Gasteiger partial charge in [-0.3, -0.25) is 0 Å². The summed E-state index contributed by atoms with van der Waals surface area (Å²) in [5, 5.41) is 44.4. The van der Waals surface area contributed by atoms with E-state index in [0.717, 1.165) is 0 Å². The summed E-state index contributed by atoms with van der Waals surface area (Å²) in [4.78, 5) is 0. The van der Waals surface area contributed by atoms with Gasteiger partial charge in [-0.2, -0.15) is 0 Å². The van der Waals surface area contributed by atoms with Crippen LogP contribution in [0.1, 0.15) is 36.8 Å². The Bertz CT molecular complexity index is 678. The Labute approximate surface area is 140 Å². The summed E-state index contributed by atoms with van der Waals surface area (Å²) in [6, 6.07) is 13.4. The van der Waals surface area contributed by atoms with E-state index in [1.54, 1.807) is 36.4 Å². The lowest BCUT2D eigenvalue weighted by molar-refractivity contribution is 0.316. The largest absolute Gasteiger partial charge is 0.507 e. The first kappa shape index (κ1) is 17.3. The van der Waals surface area contributed by atoms with Gasteiger partial charge in [-0.1, -0.05) is 34.6 Å². The van der Waals surface area contributed by atoms with Gasteiger partial charge < -0.3 is 20.6 Å². The van der Waals surface area contributed by atoms with Gasteiger partial charge in [-0.05, 0) is 49.9 Å². The van der Waals surface area contributed by atoms with Crippen LogP contribution in [0.25, 0.3) is 0 Å². The number of hydrogen-bond acceptors (Lipinski definition) is 6. The molecule has 0 saturated heterocycles. The molecule has 0 bridgehead atoms. The number of aromatic hydroxyl groups is 2. The topological polar surface area (TPSA) is 106 Å². The molecule has 0 aliphatic heterocycles. The Morgan fingerprint density at radius 2 is 1.04 bits per heavy atom. The van der Waals surface area contributed by atoms with Crippen molar-refractivity contribution in [3.05, 3.63) is 59.7 Å². The molecule has 0 radical (unpaired) electrons. The van der Waals surface area contributed by atoms with E-state index in [0.29, 0.717) is 48.2 Å². The van der Waals surface area contributed by atoms with E-state index in [4.69, 9.17) is 10.4 Å². The van der Waals surface area contributed by atoms with Crippen molar-refractivity contribution in [2.45, 2.75) is 25.7 Å². The molecule has 0 amide bonds. The highest BCUT2D eigenvalue weighted by atomic mass is 16.4. The molecule has 0 fully saturated rings. The van der Waals surface area contributed by atoms with E-state index in [1.165, 1.54) is 12.1 Å². The Kier molecular flexibility index (Phi) is 6.19. The monoisotopic (exact) mass is 328 g/mol. The quantitative estimate of drug-likeness (QED) is 0.269. The average Bonchev–Trinajstić information content (AvgIpc) is 2.60. The van der Waals surface area contributed by atoms with Crippen molar-refractivity contribution in [2.75, 3.05) is 0 Å². The van der Waals surface area contributed by atoms with Crippen LogP contribution in [0.5, 0.6) is 11.5 Å². The number of benzene rings is 2. The van der Waals surface area contributed by atoms with Crippen LogP contribution >= 0.6 is 0 Å². The maximum absolute atomic E-state index is 9.80. The number of hydrogen-bond donors (Lipinski definition) is 4. The standard InChI is InChI=1S/C18H20N2O4/c21-17-11-5-1-7-13(17)15(19-23)9-3-4-10-16(20-24)14-8-2-6-12-18(14)22/h1-2,5-8,11-12,21-24H,3-4,9-10H2/b19-15+,20-16+. The summed E-state index contributed by atoms with van der Waals surface area (Å²) in [5.41, 5.74) is 1.80. The molecule has 126 valence electrons. The minimum absolute atomic E-state index is 0.0668. The van der Waals surface area contributed by atoms with E-state index in [-0.39, 0.29) is 11.5 Å². The number of phenols is 2. The third kappa shape index (κ3) is 4.25. The molecule has 0 spiro atoms. The van der Waals surface area contributed by atoms with Crippen molar-refractivity contribution >= 4 is 11.4 Å². The Morgan fingerprint density at radius 1 is 0.667 bits per heavy atom. The van der Waals surface area contributed by atoms with E-state index in [1.807, 2.05) is 0 Å². The molecule has 0 aliphatic rings. The second-order valence-electron chi connectivity index (χ2n) is 5.33. The fraction of sp³-hybridized carbons (Fsp3) is 0.222. The van der Waals surface area contributed by atoms with Crippen molar-refractivity contribution in [1.29, 1.82) is 0 Å². The van der Waals surface area contributed by atoms with Crippen molar-refractivity contribution in [2.24, 2.45) is 10.3 Å². The molecule has 0 saturated carbocycles. The van der Waals surface area contributed by atoms with Gasteiger partial charge in [-0.25, -0.2) is 0 Å². The number of nitrogens with zero attached hydrogens (tertiary/aromatic N) is 2. The highest BCUT2D eigenvalue weighted by molar-refractivity contribution is 6.03. The zero-order chi connectivity index (χ0) is 17.4. The number of rotatable bonds is 7. The molecule has 0 aromatic heterocycles. The lowest BCUT2D eigenvalue weighted by Gasteiger charge is -2.08. The molecule has 0 aliphatic carbocycles. The van der Waals surface area contributed by atoms with E-state index in [9.17, 15) is 10.2 Å². The third-order valence-corrected chi connectivity index (χ3v) is 3.75. The maximum atomic E-state index is 9.80. The van der Waals surface area contributed by atoms with Gasteiger partial charge in [0.1, 0.15) is 11.5 Å². The van der Waals surface area contributed by atoms with Gasteiger partial charge in [0.05, 0.1) is 11.4 Å². The van der Waals surface area contributed by atoms with Crippen LogP contribution in [0, 0.1) is 0 Å². The van der Waals surface area contributed by atoms with Crippen molar-refractivity contribution < 1.29 is 20.6 Å². The average molecular weight is 328 g/mol. The van der Waals surface area contributed by atoms with Crippen molar-refractivity contribution in [3.8, 4) is 11.5 Å². The van der Waals surface area contributed by atoms with Gasteiger partial charge >= 0.3 is 0 Å². The molecule has 4 N–H and O–H groups in total. The number of oxime groups is 2. The van der Waals surface area contributed by atoms with Gasteiger partial charge in [0.2, 0.25) is 0 Å². The predicted octanol–water partition coefficient (Wildman–Crippen LogP) is 3.72. The summed E-state index contributed by atoms with van der Waals surface area (Å²) in [6.45, 7) is 0. The van der Waals surface area contributed by atoms with Crippen LogP contribution in [-0.4, -0.2) is 32.1 Å². The highest BCUT2D eigenvalue weighted by Crippen LogP contribution is 2.22. The normalized spacial score (nSPS) is 12.3. The molecule has 2 aromatic rings. The van der Waals surface area contributed by atoms with Crippen LogP contribution in [0.15, 0.2) is 58.8 Å². The first-order valence-corrected chi connectivity index (χ1v) is 7.66. The van der Waals surface area contributed by atoms with Crippen LogP contribution in [0.2, 0.25) is 0 Å². The van der Waals surface area contributed by atoms with Gasteiger partial charge in [0, 0.05) is 11.1 Å². The van der Waals surface area contributed by atoms with Crippen molar-refractivity contribution in [3.63, 3.8) is 0 Å². The molecule has 0 unspecified atom stereocenters. The summed E-state index contributed by atoms with van der Waals surface area (Å²) in [6.07, 6.45) is 2.27. The lowest BCUT2D eigenvalue weighted by Crippen LogP contribution is -2.04. The van der Waals surface area contributed by atoms with Gasteiger partial charge in [0.25, 0.3) is 0 Å². The first-order chi connectivity index (χ1) is 11.7. The highest BCUT2D eigenvalue weighted by Gasteiger charge is 2.11. The summed E-state index contributed by atoms with van der Waals surface area (Å²) >= 11 is 0. The zero-order valence-corrected chi connectivity index (χ0v) is 13.1. The molecule has 2 aromatic carbocycles. The lowest BCUT2D eigenvalue weighted by atomic mass is 10.00. The van der Waals surface area contributed by atoms with Gasteiger partial charge in [0.15, 0.2) is 0 Å². The molecule has 24 heavy (non-hydrogen) atoms. The molecule has 6 heteroatoms. The molecular weight excluding hydrogens is 308 g/mol. The fourth-order valence-electron chi connectivity index (χ4n) is 2.50. The number of phenolic OH excluding ortho intramolecular Hbond substituents is 2. The molecule has 0 heterocycles. The van der Waals surface area contributed by atoms with E-state index in [2.05, 4.69) is 10.3 Å². The number of para-hydroxylation sites is 2. The summed E-state index contributed by atoms with van der Waals surface area (Å²) in [7, 11) is 0. The van der Waals surface area contributed by atoms with Crippen LogP contribution in [0.3, 0.4) is 0 Å². The summed E-state index contributed by atoms with van der Waals surface area (Å²) < 4.78 is 0. The minimum Gasteiger partial charge on any atom is -0.507 e.